The summed E-state index contributed by atoms with van der Waals surface area (Å²) >= 11 is 1.83. The molecule has 1 aromatic rings. The van der Waals surface area contributed by atoms with Crippen LogP contribution >= 0.6 is 34.4 Å². The smallest absolute Gasteiger partial charge is 0.303 e. The van der Waals surface area contributed by atoms with Crippen LogP contribution < -0.4 is 0 Å². The van der Waals surface area contributed by atoms with Gasteiger partial charge < -0.3 is 4.79 Å². The molecule has 1 nitrogen and oxygen atoms in total. The largest absolute Gasteiger partial charge is 0.446 e. The zero-order valence-corrected chi connectivity index (χ0v) is 11.0. The molecule has 0 atom stereocenters. The summed E-state index contributed by atoms with van der Waals surface area (Å²) in [5.74, 6) is 0. The molecule has 0 fully saturated rings. The minimum Gasteiger partial charge on any atom is -0.303 e. The fourth-order valence-electron chi connectivity index (χ4n) is 1.18. The summed E-state index contributed by atoms with van der Waals surface area (Å²) < 4.78 is 37.2. The summed E-state index contributed by atoms with van der Waals surface area (Å²) in [5.41, 5.74) is -3.52. The highest BCUT2D eigenvalue weighted by molar-refractivity contribution is 14.1. The summed E-state index contributed by atoms with van der Waals surface area (Å²) in [6.07, 6.45) is 1.57. The highest BCUT2D eigenvalue weighted by Gasteiger charge is 2.29. The van der Waals surface area contributed by atoms with Gasteiger partial charge in [-0.05, 0) is 64.5 Å². The minimum absolute atomic E-state index is 0.131. The van der Waals surface area contributed by atoms with Crippen molar-refractivity contribution < 1.29 is 18.0 Å². The Kier molecular flexibility index (Phi) is 5.10. The van der Waals surface area contributed by atoms with Crippen LogP contribution in [0.3, 0.4) is 0 Å². The van der Waals surface area contributed by atoms with E-state index in [1.165, 1.54) is 12.1 Å². The first-order valence-electron chi connectivity index (χ1n) is 4.39. The normalized spacial score (nSPS) is 11.5. The third kappa shape index (κ3) is 5.20. The Balaban J connectivity index is 2.85. The topological polar surface area (TPSA) is 17.1 Å². The van der Waals surface area contributed by atoms with Crippen LogP contribution in [-0.4, -0.2) is 11.8 Å². The Labute approximate surface area is 109 Å². The molecule has 1 aromatic carbocycles. The Morgan fingerprint density at radius 3 is 2.56 bits per heavy atom. The molecule has 0 bridgehead atoms. The zero-order chi connectivity index (χ0) is 12.2. The van der Waals surface area contributed by atoms with Crippen LogP contribution in [0.15, 0.2) is 23.1 Å². The van der Waals surface area contributed by atoms with E-state index >= 15 is 0 Å². The molecule has 0 spiro atoms. The monoisotopic (exact) mass is 360 g/mol. The average molecular weight is 360 g/mol. The molecule has 0 aliphatic carbocycles. The minimum atomic E-state index is -4.27. The average Bonchev–Trinajstić information content (AvgIpc) is 2.10. The number of benzene rings is 1. The van der Waals surface area contributed by atoms with Crippen molar-refractivity contribution in [3.8, 4) is 0 Å². The lowest BCUT2D eigenvalue weighted by Gasteiger charge is -2.08. The van der Waals surface area contributed by atoms with Crippen molar-refractivity contribution >= 4 is 40.6 Å². The highest BCUT2D eigenvalue weighted by Crippen LogP contribution is 2.37. The summed E-state index contributed by atoms with van der Waals surface area (Å²) in [6, 6.07) is 4.73. The number of hydrogen-bond acceptors (Lipinski definition) is 2. The van der Waals surface area contributed by atoms with E-state index < -0.39 is 5.51 Å². The van der Waals surface area contributed by atoms with Gasteiger partial charge in [-0.25, -0.2) is 0 Å². The lowest BCUT2D eigenvalue weighted by molar-refractivity contribution is -0.107. The molecule has 6 heteroatoms. The predicted molar refractivity (Wildman–Crippen MR) is 65.5 cm³/mol. The third-order valence-corrected chi connectivity index (χ3v) is 3.04. The van der Waals surface area contributed by atoms with Crippen LogP contribution in [0.2, 0.25) is 0 Å². The van der Waals surface area contributed by atoms with Crippen molar-refractivity contribution in [3.05, 3.63) is 27.3 Å². The van der Waals surface area contributed by atoms with Crippen molar-refractivity contribution in [1.29, 1.82) is 0 Å². The molecule has 0 unspecified atom stereocenters. The van der Waals surface area contributed by atoms with Crippen molar-refractivity contribution in [3.63, 3.8) is 0 Å². The summed E-state index contributed by atoms with van der Waals surface area (Å²) in [4.78, 5) is 10.4. The van der Waals surface area contributed by atoms with Gasteiger partial charge in [0.2, 0.25) is 0 Å². The fraction of sp³-hybridized carbons (Fsp3) is 0.300. The second-order valence-corrected chi connectivity index (χ2v) is 5.43. The van der Waals surface area contributed by atoms with Crippen LogP contribution in [0.4, 0.5) is 13.2 Å². The Morgan fingerprint density at radius 1 is 1.31 bits per heavy atom. The molecule has 0 aromatic heterocycles. The maximum Gasteiger partial charge on any atom is 0.446 e. The summed E-state index contributed by atoms with van der Waals surface area (Å²) in [6.45, 7) is 0. The van der Waals surface area contributed by atoms with Crippen molar-refractivity contribution in [2.45, 2.75) is 23.2 Å². The van der Waals surface area contributed by atoms with E-state index in [0.29, 0.717) is 12.8 Å². The number of alkyl halides is 3. The zero-order valence-electron chi connectivity index (χ0n) is 8.05. The molecular weight excluding hydrogens is 352 g/mol. The van der Waals surface area contributed by atoms with E-state index in [4.69, 9.17) is 0 Å². The van der Waals surface area contributed by atoms with Gasteiger partial charge in [0.15, 0.2) is 0 Å². The molecule has 16 heavy (non-hydrogen) atoms. The van der Waals surface area contributed by atoms with Gasteiger partial charge in [-0.1, -0.05) is 0 Å². The van der Waals surface area contributed by atoms with E-state index in [2.05, 4.69) is 0 Å². The number of carbonyl (C=O) groups excluding carboxylic acids is 1. The molecule has 0 N–H and O–H groups in total. The van der Waals surface area contributed by atoms with Crippen molar-refractivity contribution in [2.75, 3.05) is 0 Å². The van der Waals surface area contributed by atoms with E-state index in [1.54, 1.807) is 6.07 Å². The Hall–Kier alpha value is -0.240. The molecule has 0 saturated carbocycles. The predicted octanol–water partition coefficient (Wildman–Crippen LogP) is 4.03. The number of halogens is 4. The van der Waals surface area contributed by atoms with Crippen LogP contribution in [0, 0.1) is 3.57 Å². The molecule has 0 radical (unpaired) electrons. The second-order valence-electron chi connectivity index (χ2n) is 3.05. The summed E-state index contributed by atoms with van der Waals surface area (Å²) in [5, 5.41) is 0. The van der Waals surface area contributed by atoms with Gasteiger partial charge in [0.25, 0.3) is 0 Å². The van der Waals surface area contributed by atoms with Crippen LogP contribution in [0.1, 0.15) is 12.0 Å². The van der Waals surface area contributed by atoms with Crippen molar-refractivity contribution in [2.24, 2.45) is 0 Å². The molecular formula is C10H8F3IOS. The van der Waals surface area contributed by atoms with E-state index in [0.717, 1.165) is 15.4 Å². The quantitative estimate of drug-likeness (QED) is 0.458. The number of aryl methyl sites for hydroxylation is 1. The van der Waals surface area contributed by atoms with Crippen LogP contribution in [-0.2, 0) is 11.2 Å². The van der Waals surface area contributed by atoms with Crippen molar-refractivity contribution in [1.82, 2.24) is 0 Å². The first-order valence-corrected chi connectivity index (χ1v) is 6.29. The molecule has 0 aliphatic rings. The maximum absolute atomic E-state index is 12.2. The van der Waals surface area contributed by atoms with Crippen LogP contribution in [0.25, 0.3) is 0 Å². The van der Waals surface area contributed by atoms with Gasteiger partial charge in [-0.2, -0.15) is 13.2 Å². The first-order chi connectivity index (χ1) is 7.40. The molecule has 0 heterocycles. The van der Waals surface area contributed by atoms with E-state index in [9.17, 15) is 18.0 Å². The summed E-state index contributed by atoms with van der Waals surface area (Å²) in [7, 11) is 0. The van der Waals surface area contributed by atoms with Gasteiger partial charge in [-0.3, -0.25) is 0 Å². The molecule has 0 amide bonds. The lowest BCUT2D eigenvalue weighted by Crippen LogP contribution is -1.99. The Morgan fingerprint density at radius 2 is 2.00 bits per heavy atom. The SMILES string of the molecule is O=CCCc1cc(I)cc(SC(F)(F)F)c1. The van der Waals surface area contributed by atoms with Gasteiger partial charge in [0, 0.05) is 14.9 Å². The maximum atomic E-state index is 12.2. The van der Waals surface area contributed by atoms with Gasteiger partial charge >= 0.3 is 5.51 Å². The third-order valence-electron chi connectivity index (χ3n) is 1.72. The Bertz CT molecular complexity index is 379. The number of aldehydes is 1. The van der Waals surface area contributed by atoms with Crippen LogP contribution in [0.5, 0.6) is 0 Å². The lowest BCUT2D eigenvalue weighted by atomic mass is 10.1. The van der Waals surface area contributed by atoms with Gasteiger partial charge in [-0.15, -0.1) is 0 Å². The van der Waals surface area contributed by atoms with Gasteiger partial charge in [0.1, 0.15) is 6.29 Å². The van der Waals surface area contributed by atoms with E-state index in [-0.39, 0.29) is 16.7 Å². The molecule has 0 aliphatic heterocycles. The fourth-order valence-corrected chi connectivity index (χ4v) is 2.79. The number of thioether (sulfide) groups is 1. The van der Waals surface area contributed by atoms with E-state index in [1.807, 2.05) is 22.6 Å². The standard InChI is InChI=1S/C10H8F3IOS/c11-10(12,13)16-9-5-7(2-1-3-15)4-8(14)6-9/h3-6H,1-2H2. The second kappa shape index (κ2) is 5.90. The highest BCUT2D eigenvalue weighted by atomic mass is 127. The molecule has 0 saturated heterocycles. The number of rotatable bonds is 4. The molecule has 1 rings (SSSR count). The molecule has 88 valence electrons. The van der Waals surface area contributed by atoms with Gasteiger partial charge in [0.05, 0.1) is 0 Å². The number of hydrogen-bond donors (Lipinski definition) is 0. The number of carbonyl (C=O) groups is 1. The first kappa shape index (κ1) is 13.8.